The molecule has 110 valence electrons. The largest absolute Gasteiger partial charge is 0.478 e. The molecule has 0 aromatic heterocycles. The van der Waals surface area contributed by atoms with Crippen molar-refractivity contribution in [2.45, 2.75) is 5.75 Å². The van der Waals surface area contributed by atoms with Crippen LogP contribution in [-0.4, -0.2) is 26.5 Å². The van der Waals surface area contributed by atoms with Gasteiger partial charge in [0.2, 0.25) is 10.0 Å². The highest BCUT2D eigenvalue weighted by Crippen LogP contribution is 2.20. The van der Waals surface area contributed by atoms with E-state index in [4.69, 9.17) is 5.11 Å². The van der Waals surface area contributed by atoms with Crippen molar-refractivity contribution in [3.05, 3.63) is 65.7 Å². The van der Waals surface area contributed by atoms with E-state index in [1.54, 1.807) is 30.3 Å². The van der Waals surface area contributed by atoms with Gasteiger partial charge in [0.1, 0.15) is 0 Å². The second-order valence-electron chi connectivity index (χ2n) is 4.56. The predicted octanol–water partition coefficient (Wildman–Crippen LogP) is 2.35. The minimum Gasteiger partial charge on any atom is -0.478 e. The van der Waals surface area contributed by atoms with Crippen LogP contribution < -0.4 is 4.31 Å². The first kappa shape index (κ1) is 15.1. The van der Waals surface area contributed by atoms with Crippen LogP contribution >= 0.6 is 0 Å². The van der Waals surface area contributed by atoms with Gasteiger partial charge in [0, 0.05) is 7.05 Å². The summed E-state index contributed by atoms with van der Waals surface area (Å²) >= 11 is 0. The average molecular weight is 305 g/mol. The molecular weight excluding hydrogens is 290 g/mol. The summed E-state index contributed by atoms with van der Waals surface area (Å²) < 4.78 is 25.8. The van der Waals surface area contributed by atoms with Crippen LogP contribution in [0.1, 0.15) is 15.9 Å². The second-order valence-corrected chi connectivity index (χ2v) is 6.57. The highest BCUT2D eigenvalue weighted by atomic mass is 32.2. The first-order valence-electron chi connectivity index (χ1n) is 6.24. The summed E-state index contributed by atoms with van der Waals surface area (Å²) in [6.45, 7) is 0. The SMILES string of the molecule is CN(c1cccc(C(=O)O)c1)S(=O)(=O)Cc1ccccc1. The zero-order chi connectivity index (χ0) is 15.5. The number of nitrogens with zero attached hydrogens (tertiary/aromatic N) is 1. The molecule has 0 heterocycles. The van der Waals surface area contributed by atoms with E-state index in [9.17, 15) is 13.2 Å². The Morgan fingerprint density at radius 3 is 2.38 bits per heavy atom. The number of anilines is 1. The molecule has 0 saturated carbocycles. The topological polar surface area (TPSA) is 74.7 Å². The van der Waals surface area contributed by atoms with Crippen molar-refractivity contribution in [1.29, 1.82) is 0 Å². The molecule has 1 N–H and O–H groups in total. The highest BCUT2D eigenvalue weighted by Gasteiger charge is 2.19. The van der Waals surface area contributed by atoms with Crippen molar-refractivity contribution >= 4 is 21.7 Å². The number of hydrogen-bond donors (Lipinski definition) is 1. The molecule has 0 aliphatic carbocycles. The Hall–Kier alpha value is -2.34. The van der Waals surface area contributed by atoms with Crippen molar-refractivity contribution in [1.82, 2.24) is 0 Å². The van der Waals surface area contributed by atoms with E-state index in [1.807, 2.05) is 6.07 Å². The number of carboxylic acids is 1. The van der Waals surface area contributed by atoms with Gasteiger partial charge in [-0.05, 0) is 23.8 Å². The summed E-state index contributed by atoms with van der Waals surface area (Å²) in [6, 6.07) is 14.7. The lowest BCUT2D eigenvalue weighted by Crippen LogP contribution is -2.28. The van der Waals surface area contributed by atoms with Crippen LogP contribution in [0.3, 0.4) is 0 Å². The van der Waals surface area contributed by atoms with E-state index in [0.717, 1.165) is 4.31 Å². The van der Waals surface area contributed by atoms with Gasteiger partial charge in [0.05, 0.1) is 17.0 Å². The van der Waals surface area contributed by atoms with E-state index in [0.29, 0.717) is 11.3 Å². The molecule has 0 saturated heterocycles. The van der Waals surface area contributed by atoms with Gasteiger partial charge in [0.15, 0.2) is 0 Å². The van der Waals surface area contributed by atoms with Gasteiger partial charge in [-0.3, -0.25) is 4.31 Å². The Morgan fingerprint density at radius 2 is 1.76 bits per heavy atom. The minimum atomic E-state index is -3.57. The highest BCUT2D eigenvalue weighted by molar-refractivity contribution is 7.92. The van der Waals surface area contributed by atoms with Crippen molar-refractivity contribution in [2.75, 3.05) is 11.4 Å². The minimum absolute atomic E-state index is 0.0502. The summed E-state index contributed by atoms with van der Waals surface area (Å²) in [4.78, 5) is 10.9. The van der Waals surface area contributed by atoms with Gasteiger partial charge < -0.3 is 5.11 Å². The molecule has 0 aliphatic rings. The third-order valence-electron chi connectivity index (χ3n) is 3.07. The molecule has 0 bridgehead atoms. The summed E-state index contributed by atoms with van der Waals surface area (Å²) in [7, 11) is -2.15. The Bertz CT molecular complexity index is 741. The van der Waals surface area contributed by atoms with Crippen LogP contribution in [0, 0.1) is 0 Å². The maximum Gasteiger partial charge on any atom is 0.335 e. The number of carbonyl (C=O) groups is 1. The molecular formula is C15H15NO4S. The number of aromatic carboxylic acids is 1. The van der Waals surface area contributed by atoms with Crippen molar-refractivity contribution in [2.24, 2.45) is 0 Å². The number of sulfonamides is 1. The standard InChI is InChI=1S/C15H15NO4S/c1-16(14-9-5-8-13(10-14)15(17)18)21(19,20)11-12-6-3-2-4-7-12/h2-10H,11H2,1H3,(H,17,18). The number of carboxylic acid groups (broad SMARTS) is 1. The zero-order valence-electron chi connectivity index (χ0n) is 11.4. The molecule has 2 rings (SSSR count). The van der Waals surface area contributed by atoms with Gasteiger partial charge in [-0.2, -0.15) is 0 Å². The first-order chi connectivity index (χ1) is 9.90. The van der Waals surface area contributed by atoms with Crippen molar-refractivity contribution in [3.8, 4) is 0 Å². The lowest BCUT2D eigenvalue weighted by molar-refractivity contribution is 0.0697. The smallest absolute Gasteiger partial charge is 0.335 e. The number of hydrogen-bond acceptors (Lipinski definition) is 3. The summed E-state index contributed by atoms with van der Waals surface area (Å²) in [5, 5.41) is 8.96. The Labute approximate surface area is 123 Å². The van der Waals surface area contributed by atoms with Gasteiger partial charge in [-0.25, -0.2) is 13.2 Å². The van der Waals surface area contributed by atoms with Crippen molar-refractivity contribution in [3.63, 3.8) is 0 Å². The molecule has 0 fully saturated rings. The van der Waals surface area contributed by atoms with Crippen LogP contribution in [0.15, 0.2) is 54.6 Å². The fourth-order valence-corrected chi connectivity index (χ4v) is 3.12. The third-order valence-corrected chi connectivity index (χ3v) is 4.81. The molecule has 0 unspecified atom stereocenters. The third kappa shape index (κ3) is 3.61. The van der Waals surface area contributed by atoms with Crippen LogP contribution in [0.2, 0.25) is 0 Å². The van der Waals surface area contributed by atoms with Crippen LogP contribution in [0.25, 0.3) is 0 Å². The number of benzene rings is 2. The van der Waals surface area contributed by atoms with Crippen LogP contribution in [0.5, 0.6) is 0 Å². The summed E-state index contributed by atoms with van der Waals surface area (Å²) in [6.07, 6.45) is 0. The first-order valence-corrected chi connectivity index (χ1v) is 7.85. The van der Waals surface area contributed by atoms with Crippen molar-refractivity contribution < 1.29 is 18.3 Å². The molecule has 0 aliphatic heterocycles. The fraction of sp³-hybridized carbons (Fsp3) is 0.133. The van der Waals surface area contributed by atoms with Crippen LogP contribution in [0.4, 0.5) is 5.69 Å². The van der Waals surface area contributed by atoms with E-state index < -0.39 is 16.0 Å². The molecule has 2 aromatic rings. The summed E-state index contributed by atoms with van der Waals surface area (Å²) in [5.41, 5.74) is 1.05. The molecule has 0 radical (unpaired) electrons. The molecule has 0 atom stereocenters. The molecule has 2 aromatic carbocycles. The molecule has 5 nitrogen and oxygen atoms in total. The lowest BCUT2D eigenvalue weighted by Gasteiger charge is -2.19. The molecule has 0 amide bonds. The summed E-state index contributed by atoms with van der Waals surface area (Å²) in [5.74, 6) is -1.23. The number of rotatable bonds is 5. The predicted molar refractivity (Wildman–Crippen MR) is 80.9 cm³/mol. The Morgan fingerprint density at radius 1 is 1.10 bits per heavy atom. The van der Waals surface area contributed by atoms with E-state index in [1.165, 1.54) is 25.2 Å². The maximum absolute atomic E-state index is 12.4. The van der Waals surface area contributed by atoms with Crippen LogP contribution in [-0.2, 0) is 15.8 Å². The second kappa shape index (κ2) is 5.97. The maximum atomic E-state index is 12.4. The Balaban J connectivity index is 2.28. The molecule has 6 heteroatoms. The van der Waals surface area contributed by atoms with Gasteiger partial charge in [-0.15, -0.1) is 0 Å². The quantitative estimate of drug-likeness (QED) is 0.920. The monoisotopic (exact) mass is 305 g/mol. The molecule has 0 spiro atoms. The Kier molecular flexibility index (Phi) is 4.28. The fourth-order valence-electron chi connectivity index (χ4n) is 1.88. The van der Waals surface area contributed by atoms with Gasteiger partial charge in [-0.1, -0.05) is 36.4 Å². The van der Waals surface area contributed by atoms with Gasteiger partial charge >= 0.3 is 5.97 Å². The zero-order valence-corrected chi connectivity index (χ0v) is 12.2. The average Bonchev–Trinajstić information content (AvgIpc) is 2.47. The lowest BCUT2D eigenvalue weighted by atomic mass is 10.2. The van der Waals surface area contributed by atoms with Gasteiger partial charge in [0.25, 0.3) is 0 Å². The van der Waals surface area contributed by atoms with E-state index in [2.05, 4.69) is 0 Å². The normalized spacial score (nSPS) is 11.1. The van der Waals surface area contributed by atoms with E-state index in [-0.39, 0.29) is 11.3 Å². The molecule has 21 heavy (non-hydrogen) atoms. The van der Waals surface area contributed by atoms with E-state index >= 15 is 0 Å².